The minimum atomic E-state index is -0.238. The first-order valence-corrected chi connectivity index (χ1v) is 5.90. The number of hydrogen-bond acceptors (Lipinski definition) is 5. The summed E-state index contributed by atoms with van der Waals surface area (Å²) in [4.78, 5) is 0. The van der Waals surface area contributed by atoms with Gasteiger partial charge in [-0.2, -0.15) is 0 Å². The highest BCUT2D eigenvalue weighted by Crippen LogP contribution is 2.11. The van der Waals surface area contributed by atoms with Crippen molar-refractivity contribution in [3.05, 3.63) is 12.7 Å². The second kappa shape index (κ2) is 8.60. The average molecular weight is 246 g/mol. The summed E-state index contributed by atoms with van der Waals surface area (Å²) in [5.41, 5.74) is 0. The molecule has 2 fully saturated rings. The lowest BCUT2D eigenvalue weighted by Gasteiger charge is -2.14. The normalized spacial score (nSPS) is 26.7. The highest BCUT2D eigenvalue weighted by molar-refractivity contribution is 4.70. The number of rotatable bonds is 8. The number of allylic oxidation sites excluding steroid dienone is 1. The molecule has 0 aromatic rings. The van der Waals surface area contributed by atoms with E-state index in [1.165, 1.54) is 0 Å². The second-order valence-corrected chi connectivity index (χ2v) is 3.99. The highest BCUT2D eigenvalue weighted by Gasteiger charge is 2.25. The molecule has 0 spiro atoms. The SMILES string of the molecule is C=CC.OCC(COCC1CO1)OCC1CO1. The number of epoxide rings is 2. The van der Waals surface area contributed by atoms with E-state index in [2.05, 4.69) is 6.58 Å². The second-order valence-electron chi connectivity index (χ2n) is 3.99. The van der Waals surface area contributed by atoms with Crippen LogP contribution in [0.15, 0.2) is 12.7 Å². The monoisotopic (exact) mass is 246 g/mol. The fraction of sp³-hybridized carbons (Fsp3) is 0.833. The van der Waals surface area contributed by atoms with Gasteiger partial charge in [0.15, 0.2) is 0 Å². The summed E-state index contributed by atoms with van der Waals surface area (Å²) in [7, 11) is 0. The Kier molecular flexibility index (Phi) is 7.39. The Morgan fingerprint density at radius 1 is 1.35 bits per heavy atom. The molecular weight excluding hydrogens is 224 g/mol. The van der Waals surface area contributed by atoms with Gasteiger partial charge in [-0.05, 0) is 6.92 Å². The molecule has 0 bridgehead atoms. The van der Waals surface area contributed by atoms with E-state index in [1.54, 1.807) is 6.08 Å². The maximum atomic E-state index is 8.96. The van der Waals surface area contributed by atoms with Crippen LogP contribution in [0.2, 0.25) is 0 Å². The standard InChI is InChI=1S/C9H16O5.C3H6/c10-1-7(12-5-9-6-14-9)2-11-3-8-4-13-8;1-3-2/h7-10H,1-6H2;3H,1H2,2H3. The van der Waals surface area contributed by atoms with Crippen LogP contribution in [-0.2, 0) is 18.9 Å². The zero-order chi connectivity index (χ0) is 12.5. The summed E-state index contributed by atoms with van der Waals surface area (Å²) in [6.07, 6.45) is 2.01. The molecule has 3 atom stereocenters. The molecule has 3 unspecified atom stereocenters. The molecule has 0 saturated carbocycles. The van der Waals surface area contributed by atoms with Crippen LogP contribution < -0.4 is 0 Å². The van der Waals surface area contributed by atoms with Crippen LogP contribution in [0.5, 0.6) is 0 Å². The zero-order valence-corrected chi connectivity index (χ0v) is 10.3. The lowest BCUT2D eigenvalue weighted by molar-refractivity contribution is -0.0481. The molecule has 2 saturated heterocycles. The first-order chi connectivity index (χ1) is 8.30. The molecule has 5 heteroatoms. The van der Waals surface area contributed by atoms with Gasteiger partial charge in [0.2, 0.25) is 0 Å². The van der Waals surface area contributed by atoms with Crippen LogP contribution in [-0.4, -0.2) is 63.1 Å². The van der Waals surface area contributed by atoms with Gasteiger partial charge < -0.3 is 24.1 Å². The molecule has 0 radical (unpaired) electrons. The molecule has 0 aromatic carbocycles. The molecule has 2 aliphatic rings. The van der Waals surface area contributed by atoms with Gasteiger partial charge in [-0.3, -0.25) is 0 Å². The summed E-state index contributed by atoms with van der Waals surface area (Å²) in [5.74, 6) is 0. The van der Waals surface area contributed by atoms with Gasteiger partial charge in [-0.1, -0.05) is 6.08 Å². The average Bonchev–Trinajstić information content (AvgIpc) is 3.16. The molecule has 0 aliphatic carbocycles. The van der Waals surface area contributed by atoms with Crippen LogP contribution >= 0.6 is 0 Å². The van der Waals surface area contributed by atoms with Gasteiger partial charge in [0.05, 0.1) is 39.6 Å². The molecular formula is C12H22O5. The van der Waals surface area contributed by atoms with Gasteiger partial charge in [-0.15, -0.1) is 6.58 Å². The minimum Gasteiger partial charge on any atom is -0.394 e. The maximum absolute atomic E-state index is 8.96. The first-order valence-electron chi connectivity index (χ1n) is 5.90. The van der Waals surface area contributed by atoms with Crippen molar-refractivity contribution in [1.29, 1.82) is 0 Å². The van der Waals surface area contributed by atoms with Crippen molar-refractivity contribution in [1.82, 2.24) is 0 Å². The number of aliphatic hydroxyl groups excluding tert-OH is 1. The maximum Gasteiger partial charge on any atom is 0.104 e. The van der Waals surface area contributed by atoms with E-state index in [4.69, 9.17) is 24.1 Å². The molecule has 2 heterocycles. The molecule has 5 nitrogen and oxygen atoms in total. The summed E-state index contributed by atoms with van der Waals surface area (Å²) in [6, 6.07) is 0. The van der Waals surface area contributed by atoms with Crippen molar-refractivity contribution in [3.8, 4) is 0 Å². The Morgan fingerprint density at radius 2 is 1.88 bits per heavy atom. The Bertz CT molecular complexity index is 201. The van der Waals surface area contributed by atoms with Crippen molar-refractivity contribution in [3.63, 3.8) is 0 Å². The topological polar surface area (TPSA) is 63.8 Å². The van der Waals surface area contributed by atoms with E-state index < -0.39 is 0 Å². The van der Waals surface area contributed by atoms with Crippen molar-refractivity contribution in [2.75, 3.05) is 39.6 Å². The minimum absolute atomic E-state index is 0.0156. The van der Waals surface area contributed by atoms with E-state index >= 15 is 0 Å². The van der Waals surface area contributed by atoms with Crippen molar-refractivity contribution in [2.24, 2.45) is 0 Å². The molecule has 100 valence electrons. The quantitative estimate of drug-likeness (QED) is 0.495. The van der Waals surface area contributed by atoms with Crippen LogP contribution in [0.1, 0.15) is 6.92 Å². The van der Waals surface area contributed by atoms with E-state index in [0.717, 1.165) is 13.2 Å². The fourth-order valence-corrected chi connectivity index (χ4v) is 1.06. The van der Waals surface area contributed by atoms with Crippen LogP contribution in [0.4, 0.5) is 0 Å². The largest absolute Gasteiger partial charge is 0.394 e. The molecule has 0 aromatic heterocycles. The summed E-state index contributed by atoms with van der Waals surface area (Å²) < 4.78 is 20.7. The fourth-order valence-electron chi connectivity index (χ4n) is 1.06. The summed E-state index contributed by atoms with van der Waals surface area (Å²) in [6.45, 7) is 8.37. The Labute approximate surface area is 102 Å². The first kappa shape index (κ1) is 14.6. The summed E-state index contributed by atoms with van der Waals surface area (Å²) in [5, 5.41) is 8.96. The molecule has 2 rings (SSSR count). The molecule has 1 N–H and O–H groups in total. The highest BCUT2D eigenvalue weighted by atomic mass is 16.6. The van der Waals surface area contributed by atoms with E-state index in [9.17, 15) is 0 Å². The lowest BCUT2D eigenvalue weighted by Crippen LogP contribution is -2.26. The molecule has 2 aliphatic heterocycles. The predicted octanol–water partition coefficient (Wildman–Crippen LogP) is 0.370. The van der Waals surface area contributed by atoms with Crippen molar-refractivity contribution >= 4 is 0 Å². The van der Waals surface area contributed by atoms with Crippen LogP contribution in [0, 0.1) is 0 Å². The third kappa shape index (κ3) is 8.29. The van der Waals surface area contributed by atoms with E-state index in [-0.39, 0.29) is 24.9 Å². The van der Waals surface area contributed by atoms with Crippen LogP contribution in [0.25, 0.3) is 0 Å². The van der Waals surface area contributed by atoms with Crippen molar-refractivity contribution in [2.45, 2.75) is 25.2 Å². The lowest BCUT2D eigenvalue weighted by atomic mass is 10.4. The third-order valence-corrected chi connectivity index (χ3v) is 2.13. The molecule has 0 amide bonds. The van der Waals surface area contributed by atoms with E-state index in [1.807, 2.05) is 6.92 Å². The zero-order valence-electron chi connectivity index (χ0n) is 10.3. The van der Waals surface area contributed by atoms with Crippen LogP contribution in [0.3, 0.4) is 0 Å². The van der Waals surface area contributed by atoms with Gasteiger partial charge in [0, 0.05) is 0 Å². The van der Waals surface area contributed by atoms with Crippen molar-refractivity contribution < 1.29 is 24.1 Å². The van der Waals surface area contributed by atoms with Gasteiger partial charge >= 0.3 is 0 Å². The van der Waals surface area contributed by atoms with Gasteiger partial charge in [0.25, 0.3) is 0 Å². The van der Waals surface area contributed by atoms with Gasteiger partial charge in [0.1, 0.15) is 18.3 Å². The Hall–Kier alpha value is -0.460. The Balaban J connectivity index is 0.000000437. The molecule has 17 heavy (non-hydrogen) atoms. The summed E-state index contributed by atoms with van der Waals surface area (Å²) >= 11 is 0. The predicted molar refractivity (Wildman–Crippen MR) is 63.0 cm³/mol. The van der Waals surface area contributed by atoms with E-state index in [0.29, 0.717) is 19.8 Å². The number of hydrogen-bond donors (Lipinski definition) is 1. The number of ether oxygens (including phenoxy) is 4. The third-order valence-electron chi connectivity index (χ3n) is 2.13. The Morgan fingerprint density at radius 3 is 2.35 bits per heavy atom. The van der Waals surface area contributed by atoms with Gasteiger partial charge in [-0.25, -0.2) is 0 Å². The smallest absolute Gasteiger partial charge is 0.104 e. The number of aliphatic hydroxyl groups is 1.